The molecule has 1 aromatic carbocycles. The Hall–Kier alpha value is -2.28. The van der Waals surface area contributed by atoms with E-state index in [0.29, 0.717) is 10.6 Å². The molecule has 0 radical (unpaired) electrons. The first-order chi connectivity index (χ1) is 11.0. The van der Waals surface area contributed by atoms with Gasteiger partial charge in [-0.05, 0) is 37.6 Å². The SMILES string of the molecule is CC[C@@H](C)NC(=O)COC(=O)c1csc(-c2ccc(F)cc2)n1. The molecule has 1 amide bonds. The molecule has 0 aliphatic carbocycles. The number of thiazole rings is 1. The summed E-state index contributed by atoms with van der Waals surface area (Å²) in [5.74, 6) is -1.34. The molecule has 1 atom stereocenters. The second-order valence-electron chi connectivity index (χ2n) is 5.00. The quantitative estimate of drug-likeness (QED) is 0.823. The first-order valence-corrected chi connectivity index (χ1v) is 8.05. The van der Waals surface area contributed by atoms with Crippen molar-refractivity contribution in [1.82, 2.24) is 10.3 Å². The maximum absolute atomic E-state index is 12.9. The first-order valence-electron chi connectivity index (χ1n) is 7.17. The van der Waals surface area contributed by atoms with Crippen molar-refractivity contribution in [1.29, 1.82) is 0 Å². The molecule has 0 saturated heterocycles. The highest BCUT2D eigenvalue weighted by atomic mass is 32.1. The van der Waals surface area contributed by atoms with Crippen LogP contribution in [0.25, 0.3) is 10.6 Å². The molecule has 0 aliphatic heterocycles. The molecule has 0 aliphatic rings. The van der Waals surface area contributed by atoms with Crippen LogP contribution < -0.4 is 5.32 Å². The Morgan fingerprint density at radius 2 is 2.04 bits per heavy atom. The van der Waals surface area contributed by atoms with Gasteiger partial charge in [-0.15, -0.1) is 11.3 Å². The number of halogens is 1. The molecule has 1 heterocycles. The lowest BCUT2D eigenvalue weighted by molar-refractivity contribution is -0.124. The summed E-state index contributed by atoms with van der Waals surface area (Å²) in [4.78, 5) is 27.6. The van der Waals surface area contributed by atoms with Gasteiger partial charge in [0.2, 0.25) is 0 Å². The number of hydrogen-bond acceptors (Lipinski definition) is 5. The summed E-state index contributed by atoms with van der Waals surface area (Å²) in [7, 11) is 0. The van der Waals surface area contributed by atoms with Crippen LogP contribution in [0.2, 0.25) is 0 Å². The molecule has 7 heteroatoms. The standard InChI is InChI=1S/C16H17FN2O3S/c1-3-10(2)18-14(20)8-22-16(21)13-9-23-15(19-13)11-4-6-12(17)7-5-11/h4-7,9-10H,3,8H2,1-2H3,(H,18,20)/t10-/m1/s1. The molecular weight excluding hydrogens is 319 g/mol. The van der Waals surface area contributed by atoms with Gasteiger partial charge < -0.3 is 10.1 Å². The van der Waals surface area contributed by atoms with Crippen LogP contribution in [0.15, 0.2) is 29.6 Å². The summed E-state index contributed by atoms with van der Waals surface area (Å²) in [6.07, 6.45) is 0.798. The van der Waals surface area contributed by atoms with Gasteiger partial charge in [-0.25, -0.2) is 14.2 Å². The predicted molar refractivity (Wildman–Crippen MR) is 85.7 cm³/mol. The number of hydrogen-bond donors (Lipinski definition) is 1. The third-order valence-electron chi connectivity index (χ3n) is 3.16. The van der Waals surface area contributed by atoms with E-state index in [2.05, 4.69) is 10.3 Å². The fourth-order valence-electron chi connectivity index (χ4n) is 1.72. The smallest absolute Gasteiger partial charge is 0.358 e. The topological polar surface area (TPSA) is 68.3 Å². The molecule has 2 rings (SSSR count). The molecule has 0 spiro atoms. The van der Waals surface area contributed by atoms with E-state index in [4.69, 9.17) is 4.74 Å². The average Bonchev–Trinajstić information content (AvgIpc) is 3.03. The van der Waals surface area contributed by atoms with Crippen LogP contribution in [0.5, 0.6) is 0 Å². The van der Waals surface area contributed by atoms with Crippen LogP contribution in [0.1, 0.15) is 30.8 Å². The van der Waals surface area contributed by atoms with E-state index >= 15 is 0 Å². The van der Waals surface area contributed by atoms with E-state index in [1.165, 1.54) is 23.5 Å². The van der Waals surface area contributed by atoms with Crippen LogP contribution in [0.4, 0.5) is 4.39 Å². The van der Waals surface area contributed by atoms with Crippen molar-refractivity contribution in [3.8, 4) is 10.6 Å². The van der Waals surface area contributed by atoms with Gasteiger partial charge >= 0.3 is 5.97 Å². The molecule has 0 saturated carbocycles. The summed E-state index contributed by atoms with van der Waals surface area (Å²) in [5.41, 5.74) is 0.843. The predicted octanol–water partition coefficient (Wildman–Crippen LogP) is 3.02. The van der Waals surface area contributed by atoms with Crippen LogP contribution >= 0.6 is 11.3 Å². The Bertz CT molecular complexity index is 685. The Morgan fingerprint density at radius 3 is 2.70 bits per heavy atom. The normalized spacial score (nSPS) is 11.8. The van der Waals surface area contributed by atoms with Crippen LogP contribution in [0, 0.1) is 5.82 Å². The number of rotatable bonds is 6. The van der Waals surface area contributed by atoms with E-state index in [1.54, 1.807) is 17.5 Å². The van der Waals surface area contributed by atoms with Crippen molar-refractivity contribution >= 4 is 23.2 Å². The highest BCUT2D eigenvalue weighted by Gasteiger charge is 2.15. The van der Waals surface area contributed by atoms with E-state index in [0.717, 1.165) is 6.42 Å². The maximum atomic E-state index is 12.9. The van der Waals surface area contributed by atoms with Gasteiger partial charge in [0.25, 0.3) is 5.91 Å². The molecule has 5 nitrogen and oxygen atoms in total. The van der Waals surface area contributed by atoms with E-state index in [9.17, 15) is 14.0 Å². The second kappa shape index (κ2) is 7.82. The van der Waals surface area contributed by atoms with Gasteiger partial charge in [0.15, 0.2) is 12.3 Å². The summed E-state index contributed by atoms with van der Waals surface area (Å²) in [5, 5.41) is 4.84. The number of carbonyl (C=O) groups excluding carboxylic acids is 2. The molecular formula is C16H17FN2O3S. The lowest BCUT2D eigenvalue weighted by atomic mass is 10.2. The third kappa shape index (κ3) is 4.85. The van der Waals surface area contributed by atoms with Crippen LogP contribution in [-0.2, 0) is 9.53 Å². The van der Waals surface area contributed by atoms with E-state index in [1.807, 2.05) is 13.8 Å². The van der Waals surface area contributed by atoms with E-state index < -0.39 is 5.97 Å². The number of aromatic nitrogens is 1. The Kier molecular flexibility index (Phi) is 5.81. The van der Waals surface area contributed by atoms with Gasteiger partial charge in [-0.1, -0.05) is 6.92 Å². The molecule has 0 bridgehead atoms. The lowest BCUT2D eigenvalue weighted by Gasteiger charge is -2.10. The van der Waals surface area contributed by atoms with Crippen LogP contribution in [0.3, 0.4) is 0 Å². The minimum absolute atomic E-state index is 0.0329. The van der Waals surface area contributed by atoms with Crippen molar-refractivity contribution in [3.63, 3.8) is 0 Å². The zero-order valence-electron chi connectivity index (χ0n) is 12.8. The van der Waals surface area contributed by atoms with Gasteiger partial charge in [0.05, 0.1) is 0 Å². The number of amides is 1. The Labute approximate surface area is 137 Å². The van der Waals surface area contributed by atoms with Crippen molar-refractivity contribution in [2.24, 2.45) is 0 Å². The summed E-state index contributed by atoms with van der Waals surface area (Å²) in [6, 6.07) is 5.86. The first kappa shape index (κ1) is 17.1. The van der Waals surface area contributed by atoms with Crippen molar-refractivity contribution in [2.45, 2.75) is 26.3 Å². The molecule has 1 N–H and O–H groups in total. The van der Waals surface area contributed by atoms with Crippen molar-refractivity contribution in [3.05, 3.63) is 41.2 Å². The van der Waals surface area contributed by atoms with Gasteiger partial charge in [-0.2, -0.15) is 0 Å². The molecule has 122 valence electrons. The highest BCUT2D eigenvalue weighted by molar-refractivity contribution is 7.13. The summed E-state index contributed by atoms with van der Waals surface area (Å²) in [6.45, 7) is 3.48. The van der Waals surface area contributed by atoms with Gasteiger partial charge in [0, 0.05) is 17.0 Å². The maximum Gasteiger partial charge on any atom is 0.358 e. The summed E-state index contributed by atoms with van der Waals surface area (Å²) >= 11 is 1.25. The molecule has 23 heavy (non-hydrogen) atoms. The molecule has 0 fully saturated rings. The minimum atomic E-state index is -0.658. The fourth-order valence-corrected chi connectivity index (χ4v) is 2.51. The number of nitrogens with one attached hydrogen (secondary N) is 1. The Morgan fingerprint density at radius 1 is 1.35 bits per heavy atom. The molecule has 0 unspecified atom stereocenters. The zero-order valence-corrected chi connectivity index (χ0v) is 13.7. The largest absolute Gasteiger partial charge is 0.451 e. The van der Waals surface area contributed by atoms with Gasteiger partial charge in [0.1, 0.15) is 10.8 Å². The minimum Gasteiger partial charge on any atom is -0.451 e. The van der Waals surface area contributed by atoms with Gasteiger partial charge in [-0.3, -0.25) is 4.79 Å². The number of benzene rings is 1. The molecule has 2 aromatic rings. The molecule has 1 aromatic heterocycles. The van der Waals surface area contributed by atoms with Crippen LogP contribution in [-0.4, -0.2) is 29.5 Å². The number of carbonyl (C=O) groups is 2. The fraction of sp³-hybridized carbons (Fsp3) is 0.312. The lowest BCUT2D eigenvalue weighted by Crippen LogP contribution is -2.35. The number of nitrogens with zero attached hydrogens (tertiary/aromatic N) is 1. The Balaban J connectivity index is 1.93. The van der Waals surface area contributed by atoms with E-state index in [-0.39, 0.29) is 30.1 Å². The second-order valence-corrected chi connectivity index (χ2v) is 5.86. The zero-order chi connectivity index (χ0) is 16.8. The number of ether oxygens (including phenoxy) is 1. The number of esters is 1. The highest BCUT2D eigenvalue weighted by Crippen LogP contribution is 2.24. The third-order valence-corrected chi connectivity index (χ3v) is 4.05. The average molecular weight is 336 g/mol. The monoisotopic (exact) mass is 336 g/mol. The summed E-state index contributed by atoms with van der Waals surface area (Å²) < 4.78 is 17.8. The van der Waals surface area contributed by atoms with Crippen molar-refractivity contribution < 1.29 is 18.7 Å². The van der Waals surface area contributed by atoms with Crippen molar-refractivity contribution in [2.75, 3.05) is 6.61 Å².